The minimum absolute atomic E-state index is 0.484. The first-order chi connectivity index (χ1) is 6.02. The van der Waals surface area contributed by atoms with Gasteiger partial charge in [0.05, 0.1) is 13.2 Å². The fourth-order valence-electron chi connectivity index (χ4n) is 0.645. The highest BCUT2D eigenvalue weighted by Crippen LogP contribution is 1.99. The Balaban J connectivity index is 4.19. The number of hydrogen-bond acceptors (Lipinski definition) is 5. The van der Waals surface area contributed by atoms with Crippen LogP contribution >= 0.6 is 0 Å². The second-order valence-electron chi connectivity index (χ2n) is 2.43. The lowest BCUT2D eigenvalue weighted by molar-refractivity contribution is -0.162. The van der Waals surface area contributed by atoms with Gasteiger partial charge in [-0.15, -0.1) is 0 Å². The summed E-state index contributed by atoms with van der Waals surface area (Å²) in [4.78, 5) is 21.0. The van der Waals surface area contributed by atoms with Gasteiger partial charge in [0.1, 0.15) is 6.10 Å². The van der Waals surface area contributed by atoms with Crippen molar-refractivity contribution < 1.29 is 29.6 Å². The molecule has 0 spiro atoms. The zero-order chi connectivity index (χ0) is 10.4. The molecule has 0 aromatic rings. The Bertz CT molecular complexity index is 169. The van der Waals surface area contributed by atoms with E-state index in [4.69, 9.17) is 15.3 Å². The topological polar surface area (TPSA) is 104 Å². The molecule has 0 amide bonds. The predicted octanol–water partition coefficient (Wildman–Crippen LogP) is -1.60. The van der Waals surface area contributed by atoms with Crippen molar-refractivity contribution in [1.29, 1.82) is 0 Å². The van der Waals surface area contributed by atoms with Crippen molar-refractivity contribution in [1.82, 2.24) is 0 Å². The average Bonchev–Trinajstić information content (AvgIpc) is 2.05. The Hall–Kier alpha value is -0.980. The number of carboxylic acids is 1. The summed E-state index contributed by atoms with van der Waals surface area (Å²) in [6, 6.07) is 0. The third-order valence-corrected chi connectivity index (χ3v) is 1.39. The molecule has 0 aliphatic rings. The summed E-state index contributed by atoms with van der Waals surface area (Å²) < 4.78 is 4.62. The second-order valence-corrected chi connectivity index (χ2v) is 2.43. The molecular weight excluding hydrogens is 180 g/mol. The number of rotatable bonds is 6. The molecule has 76 valence electrons. The van der Waals surface area contributed by atoms with Gasteiger partial charge in [0.15, 0.2) is 11.9 Å². The lowest BCUT2D eigenvalue weighted by Gasteiger charge is -2.16. The maximum atomic E-state index is 10.7. The fraction of sp³-hybridized carbons (Fsp3) is 0.714. The van der Waals surface area contributed by atoms with Gasteiger partial charge in [-0.3, -0.25) is 4.79 Å². The Labute approximate surface area is 74.7 Å². The van der Waals surface area contributed by atoms with Gasteiger partial charge in [-0.05, 0) is 6.92 Å². The number of hydrogen-bond donors (Lipinski definition) is 3. The van der Waals surface area contributed by atoms with Crippen molar-refractivity contribution in [3.8, 4) is 0 Å². The average molecular weight is 192 g/mol. The quantitative estimate of drug-likeness (QED) is 0.468. The van der Waals surface area contributed by atoms with Crippen LogP contribution in [0.25, 0.3) is 0 Å². The summed E-state index contributed by atoms with van der Waals surface area (Å²) in [7, 11) is 0. The monoisotopic (exact) mass is 192 g/mol. The van der Waals surface area contributed by atoms with Crippen molar-refractivity contribution >= 4 is 11.8 Å². The number of carbonyl (C=O) groups excluding carboxylic acids is 1. The number of ether oxygens (including phenoxy) is 1. The van der Waals surface area contributed by atoms with Crippen LogP contribution in [0.4, 0.5) is 0 Å². The van der Waals surface area contributed by atoms with Crippen molar-refractivity contribution in [2.45, 2.75) is 19.1 Å². The van der Waals surface area contributed by atoms with E-state index < -0.39 is 37.2 Å². The van der Waals surface area contributed by atoms with Crippen LogP contribution in [0.15, 0.2) is 0 Å². The maximum Gasteiger partial charge on any atom is 0.335 e. The van der Waals surface area contributed by atoms with Gasteiger partial charge in [-0.1, -0.05) is 0 Å². The molecule has 0 fully saturated rings. The lowest BCUT2D eigenvalue weighted by atomic mass is 10.2. The number of aliphatic hydroxyl groups is 2. The Kier molecular flexibility index (Phi) is 5.20. The Morgan fingerprint density at radius 1 is 1.23 bits per heavy atom. The van der Waals surface area contributed by atoms with Gasteiger partial charge in [-0.2, -0.15) is 0 Å². The van der Waals surface area contributed by atoms with E-state index in [9.17, 15) is 9.59 Å². The summed E-state index contributed by atoms with van der Waals surface area (Å²) in [5.74, 6) is -1.86. The molecule has 0 saturated heterocycles. The molecule has 2 unspecified atom stereocenters. The second kappa shape index (κ2) is 5.63. The molecule has 0 bridgehead atoms. The van der Waals surface area contributed by atoms with Crippen LogP contribution in [0.3, 0.4) is 0 Å². The van der Waals surface area contributed by atoms with Crippen LogP contribution in [0.1, 0.15) is 6.92 Å². The first-order valence-electron chi connectivity index (χ1n) is 3.63. The number of carbonyl (C=O) groups is 2. The van der Waals surface area contributed by atoms with Crippen molar-refractivity contribution in [2.75, 3.05) is 13.2 Å². The van der Waals surface area contributed by atoms with Crippen LogP contribution in [0.5, 0.6) is 0 Å². The van der Waals surface area contributed by atoms with Crippen LogP contribution in [0, 0.1) is 0 Å². The smallest absolute Gasteiger partial charge is 0.335 e. The number of aliphatic carboxylic acids is 1. The van der Waals surface area contributed by atoms with Gasteiger partial charge < -0.3 is 20.1 Å². The van der Waals surface area contributed by atoms with Gasteiger partial charge in [0.2, 0.25) is 0 Å². The Morgan fingerprint density at radius 3 is 1.92 bits per heavy atom. The zero-order valence-corrected chi connectivity index (χ0v) is 7.14. The SMILES string of the molecule is CC(=O)C(CO)OC(CO)C(=O)O. The molecular formula is C7H12O6. The van der Waals surface area contributed by atoms with Crippen molar-refractivity contribution in [3.63, 3.8) is 0 Å². The molecule has 0 aromatic heterocycles. The first kappa shape index (κ1) is 12.0. The van der Waals surface area contributed by atoms with Crippen LogP contribution in [-0.4, -0.2) is 52.5 Å². The molecule has 0 aliphatic heterocycles. The molecule has 2 atom stereocenters. The number of ketones is 1. The molecule has 0 heterocycles. The standard InChI is InChI=1S/C7H12O6/c1-4(10)5(2-8)13-6(3-9)7(11)12/h5-6,8-9H,2-3H2,1H3,(H,11,12). The lowest BCUT2D eigenvalue weighted by Crippen LogP contribution is -2.37. The van der Waals surface area contributed by atoms with Gasteiger partial charge in [-0.25, -0.2) is 4.79 Å². The van der Waals surface area contributed by atoms with Crippen LogP contribution < -0.4 is 0 Å². The molecule has 0 aliphatic carbocycles. The highest BCUT2D eigenvalue weighted by atomic mass is 16.5. The van der Waals surface area contributed by atoms with E-state index in [0.29, 0.717) is 0 Å². The number of Topliss-reactive ketones (excluding diaryl/α,β-unsaturated/α-hetero) is 1. The molecule has 3 N–H and O–H groups in total. The molecule has 0 saturated carbocycles. The summed E-state index contributed by atoms with van der Waals surface area (Å²) in [6.07, 6.45) is -2.66. The van der Waals surface area contributed by atoms with Crippen LogP contribution in [-0.2, 0) is 14.3 Å². The van der Waals surface area contributed by atoms with E-state index in [1.165, 1.54) is 0 Å². The number of carboxylic acid groups (broad SMARTS) is 1. The van der Waals surface area contributed by atoms with Gasteiger partial charge in [0.25, 0.3) is 0 Å². The third-order valence-electron chi connectivity index (χ3n) is 1.39. The zero-order valence-electron chi connectivity index (χ0n) is 7.14. The highest BCUT2D eigenvalue weighted by molar-refractivity contribution is 5.81. The summed E-state index contributed by atoms with van der Waals surface area (Å²) >= 11 is 0. The van der Waals surface area contributed by atoms with Gasteiger partial charge in [0, 0.05) is 0 Å². The van der Waals surface area contributed by atoms with E-state index in [-0.39, 0.29) is 0 Å². The minimum atomic E-state index is -1.47. The van der Waals surface area contributed by atoms with Crippen LogP contribution in [0.2, 0.25) is 0 Å². The minimum Gasteiger partial charge on any atom is -0.479 e. The molecule has 6 heteroatoms. The largest absolute Gasteiger partial charge is 0.479 e. The van der Waals surface area contributed by atoms with E-state index in [1.54, 1.807) is 0 Å². The number of aliphatic hydroxyl groups excluding tert-OH is 2. The van der Waals surface area contributed by atoms with Crippen molar-refractivity contribution in [3.05, 3.63) is 0 Å². The van der Waals surface area contributed by atoms with Crippen molar-refractivity contribution in [2.24, 2.45) is 0 Å². The first-order valence-corrected chi connectivity index (χ1v) is 3.63. The molecule has 6 nitrogen and oxygen atoms in total. The van der Waals surface area contributed by atoms with Gasteiger partial charge >= 0.3 is 5.97 Å². The molecule has 13 heavy (non-hydrogen) atoms. The molecule has 0 radical (unpaired) electrons. The Morgan fingerprint density at radius 2 is 1.69 bits per heavy atom. The maximum absolute atomic E-state index is 10.7. The highest BCUT2D eigenvalue weighted by Gasteiger charge is 2.24. The molecule has 0 rings (SSSR count). The van der Waals surface area contributed by atoms with E-state index in [1.807, 2.05) is 0 Å². The molecule has 0 aromatic carbocycles. The summed E-state index contributed by atoms with van der Waals surface area (Å²) in [6.45, 7) is -0.171. The van der Waals surface area contributed by atoms with E-state index in [2.05, 4.69) is 4.74 Å². The normalized spacial score (nSPS) is 15.0. The third kappa shape index (κ3) is 3.97. The summed E-state index contributed by atoms with van der Waals surface area (Å²) in [5.41, 5.74) is 0. The predicted molar refractivity (Wildman–Crippen MR) is 41.1 cm³/mol. The summed E-state index contributed by atoms with van der Waals surface area (Å²) in [5, 5.41) is 25.5. The van der Waals surface area contributed by atoms with E-state index in [0.717, 1.165) is 6.92 Å². The fourth-order valence-corrected chi connectivity index (χ4v) is 0.645. The van der Waals surface area contributed by atoms with E-state index >= 15 is 0 Å².